The van der Waals surface area contributed by atoms with Crippen LogP contribution in [0.5, 0.6) is 0 Å². The van der Waals surface area contributed by atoms with E-state index in [4.69, 9.17) is 17.3 Å². The fourth-order valence-electron chi connectivity index (χ4n) is 3.64. The van der Waals surface area contributed by atoms with E-state index in [0.717, 1.165) is 28.0 Å². The van der Waals surface area contributed by atoms with Gasteiger partial charge in [0.25, 0.3) is 0 Å². The molecule has 3 aromatic rings. The average molecular weight is 399 g/mol. The Bertz CT molecular complexity index is 992. The van der Waals surface area contributed by atoms with Gasteiger partial charge in [-0.1, -0.05) is 23.7 Å². The van der Waals surface area contributed by atoms with Crippen LogP contribution in [-0.4, -0.2) is 39.5 Å². The maximum absolute atomic E-state index is 12.7. The zero-order valence-electron chi connectivity index (χ0n) is 15.7. The number of aromatic amines is 1. The quantitative estimate of drug-likeness (QED) is 0.627. The Kier molecular flexibility index (Phi) is 4.95. The molecule has 1 amide bonds. The second-order valence-electron chi connectivity index (χ2n) is 7.34. The second kappa shape index (κ2) is 7.41. The molecule has 146 valence electrons. The number of nitrogens with zero attached hydrogens (tertiary/aromatic N) is 3. The zero-order chi connectivity index (χ0) is 19.7. The Balaban J connectivity index is 1.41. The molecule has 0 saturated carbocycles. The Morgan fingerprint density at radius 1 is 1.29 bits per heavy atom. The van der Waals surface area contributed by atoms with Crippen LogP contribution in [0.25, 0.3) is 11.0 Å². The van der Waals surface area contributed by atoms with Crippen LogP contribution < -0.4 is 16.0 Å². The number of nitrogens with two attached hydrogens (primary N) is 1. The summed E-state index contributed by atoms with van der Waals surface area (Å²) >= 11 is 5.90. The maximum atomic E-state index is 12.7. The molecule has 3 heterocycles. The molecule has 0 bridgehead atoms. The lowest BCUT2D eigenvalue weighted by atomic mass is 9.87. The van der Waals surface area contributed by atoms with Gasteiger partial charge < -0.3 is 20.9 Å². The lowest BCUT2D eigenvalue weighted by molar-refractivity contribution is -0.127. The lowest BCUT2D eigenvalue weighted by Gasteiger charge is -2.38. The molecule has 1 aliphatic heterocycles. The molecule has 0 unspecified atom stereocenters. The first kappa shape index (κ1) is 18.7. The normalized spacial score (nSPS) is 16.3. The van der Waals surface area contributed by atoms with E-state index in [0.29, 0.717) is 37.5 Å². The molecule has 4 rings (SSSR count). The Morgan fingerprint density at radius 3 is 2.71 bits per heavy atom. The van der Waals surface area contributed by atoms with Gasteiger partial charge in [0.2, 0.25) is 5.91 Å². The van der Waals surface area contributed by atoms with Crippen LogP contribution in [0.15, 0.2) is 36.8 Å². The van der Waals surface area contributed by atoms with E-state index in [9.17, 15) is 4.79 Å². The summed E-state index contributed by atoms with van der Waals surface area (Å²) in [7, 11) is 0. The summed E-state index contributed by atoms with van der Waals surface area (Å²) < 4.78 is 0. The largest absolute Gasteiger partial charge is 0.356 e. The van der Waals surface area contributed by atoms with Crippen LogP contribution in [-0.2, 0) is 11.3 Å². The van der Waals surface area contributed by atoms with Gasteiger partial charge in [-0.05, 0) is 43.0 Å². The number of anilines is 1. The van der Waals surface area contributed by atoms with Crippen molar-refractivity contribution in [3.05, 3.63) is 52.9 Å². The number of hydrogen-bond donors (Lipinski definition) is 3. The highest BCUT2D eigenvalue weighted by Crippen LogP contribution is 2.30. The highest BCUT2D eigenvalue weighted by Gasteiger charge is 2.38. The molecule has 1 aromatic carbocycles. The highest BCUT2D eigenvalue weighted by atomic mass is 35.5. The minimum atomic E-state index is -0.873. The van der Waals surface area contributed by atoms with E-state index in [-0.39, 0.29) is 5.91 Å². The van der Waals surface area contributed by atoms with Crippen LogP contribution in [0.1, 0.15) is 24.0 Å². The van der Waals surface area contributed by atoms with Gasteiger partial charge in [0, 0.05) is 30.9 Å². The van der Waals surface area contributed by atoms with E-state index in [2.05, 4.69) is 25.2 Å². The van der Waals surface area contributed by atoms with Crippen LogP contribution in [0.3, 0.4) is 0 Å². The molecular formula is C20H23ClN6O. The van der Waals surface area contributed by atoms with E-state index >= 15 is 0 Å². The third kappa shape index (κ3) is 3.55. The van der Waals surface area contributed by atoms with Crippen molar-refractivity contribution in [3.63, 3.8) is 0 Å². The van der Waals surface area contributed by atoms with Gasteiger partial charge in [0.1, 0.15) is 17.8 Å². The van der Waals surface area contributed by atoms with Gasteiger partial charge in [-0.15, -0.1) is 0 Å². The first-order chi connectivity index (χ1) is 13.5. The van der Waals surface area contributed by atoms with Gasteiger partial charge in [-0.25, -0.2) is 9.97 Å². The number of H-pyrrole nitrogens is 1. The number of rotatable bonds is 4. The van der Waals surface area contributed by atoms with Gasteiger partial charge in [-0.2, -0.15) is 0 Å². The molecule has 0 atom stereocenters. The number of aromatic nitrogens is 3. The van der Waals surface area contributed by atoms with Crippen LogP contribution in [0.2, 0.25) is 5.02 Å². The smallest absolute Gasteiger partial charge is 0.240 e. The third-order valence-corrected chi connectivity index (χ3v) is 5.67. The summed E-state index contributed by atoms with van der Waals surface area (Å²) in [5.41, 5.74) is 8.51. The number of piperidine rings is 1. The molecule has 0 radical (unpaired) electrons. The minimum absolute atomic E-state index is 0.118. The standard InChI is InChI=1S/C20H23ClN6O/c1-13-10-23-17-16(13)18(26-12-25-17)27-8-6-20(22,7-9-27)19(28)24-11-14-2-4-15(21)5-3-14/h2-5,10,12H,6-9,11,22H2,1H3,(H,24,28)(H,23,25,26). The number of nitrogens with one attached hydrogen (secondary N) is 2. The second-order valence-corrected chi connectivity index (χ2v) is 7.78. The fraction of sp³-hybridized carbons (Fsp3) is 0.350. The first-order valence-corrected chi connectivity index (χ1v) is 9.69. The molecule has 4 N–H and O–H groups in total. The molecule has 1 fully saturated rings. The fourth-order valence-corrected chi connectivity index (χ4v) is 3.77. The summed E-state index contributed by atoms with van der Waals surface area (Å²) in [6.07, 6.45) is 4.63. The Hall–Kier alpha value is -2.64. The average Bonchev–Trinajstić information content (AvgIpc) is 3.09. The van der Waals surface area contributed by atoms with E-state index in [1.807, 2.05) is 37.4 Å². The number of amides is 1. The molecule has 2 aromatic heterocycles. The molecule has 1 saturated heterocycles. The van der Waals surface area contributed by atoms with Crippen molar-refractivity contribution >= 4 is 34.4 Å². The lowest BCUT2D eigenvalue weighted by Crippen LogP contribution is -2.59. The highest BCUT2D eigenvalue weighted by molar-refractivity contribution is 6.30. The summed E-state index contributed by atoms with van der Waals surface area (Å²) in [6.45, 7) is 3.81. The first-order valence-electron chi connectivity index (χ1n) is 9.31. The maximum Gasteiger partial charge on any atom is 0.240 e. The topological polar surface area (TPSA) is 99.9 Å². The van der Waals surface area contributed by atoms with Gasteiger partial charge >= 0.3 is 0 Å². The van der Waals surface area contributed by atoms with Gasteiger partial charge in [-0.3, -0.25) is 4.79 Å². The van der Waals surface area contributed by atoms with Crippen LogP contribution in [0, 0.1) is 6.92 Å². The number of hydrogen-bond acceptors (Lipinski definition) is 5. The number of carbonyl (C=O) groups is 1. The summed E-state index contributed by atoms with van der Waals surface area (Å²) in [6, 6.07) is 7.42. The van der Waals surface area contributed by atoms with Crippen molar-refractivity contribution in [1.82, 2.24) is 20.3 Å². The number of fused-ring (bicyclic) bond motifs is 1. The van der Waals surface area contributed by atoms with E-state index in [1.54, 1.807) is 6.33 Å². The van der Waals surface area contributed by atoms with Gasteiger partial charge in [0.15, 0.2) is 0 Å². The molecule has 1 aliphatic rings. The number of halogens is 1. The monoisotopic (exact) mass is 398 g/mol. The summed E-state index contributed by atoms with van der Waals surface area (Å²) in [5, 5.41) is 4.66. The van der Waals surface area contributed by atoms with E-state index in [1.165, 1.54) is 0 Å². The van der Waals surface area contributed by atoms with Gasteiger partial charge in [0.05, 0.1) is 10.9 Å². The van der Waals surface area contributed by atoms with Crippen LogP contribution >= 0.6 is 11.6 Å². The van der Waals surface area contributed by atoms with Crippen molar-refractivity contribution in [3.8, 4) is 0 Å². The predicted molar refractivity (Wildman–Crippen MR) is 110 cm³/mol. The number of carbonyl (C=O) groups excluding carboxylic acids is 1. The van der Waals surface area contributed by atoms with Crippen molar-refractivity contribution < 1.29 is 4.79 Å². The Labute approximate surface area is 168 Å². The number of aryl methyl sites for hydroxylation is 1. The van der Waals surface area contributed by atoms with Crippen molar-refractivity contribution in [1.29, 1.82) is 0 Å². The summed E-state index contributed by atoms with van der Waals surface area (Å²) in [5.74, 6) is 0.778. The number of benzene rings is 1. The van der Waals surface area contributed by atoms with Crippen molar-refractivity contribution in [2.75, 3.05) is 18.0 Å². The molecular weight excluding hydrogens is 376 g/mol. The molecule has 28 heavy (non-hydrogen) atoms. The van der Waals surface area contributed by atoms with Crippen LogP contribution in [0.4, 0.5) is 5.82 Å². The predicted octanol–water partition coefficient (Wildman–Crippen LogP) is 2.53. The summed E-state index contributed by atoms with van der Waals surface area (Å²) in [4.78, 5) is 26.8. The molecule has 0 spiro atoms. The third-order valence-electron chi connectivity index (χ3n) is 5.42. The molecule has 8 heteroatoms. The Morgan fingerprint density at radius 2 is 2.00 bits per heavy atom. The molecule has 0 aliphatic carbocycles. The molecule has 7 nitrogen and oxygen atoms in total. The van der Waals surface area contributed by atoms with E-state index < -0.39 is 5.54 Å². The SMILES string of the molecule is Cc1c[nH]c2ncnc(N3CCC(N)(C(=O)NCc4ccc(Cl)cc4)CC3)c12. The van der Waals surface area contributed by atoms with Crippen molar-refractivity contribution in [2.24, 2.45) is 5.73 Å². The van der Waals surface area contributed by atoms with Crippen molar-refractivity contribution in [2.45, 2.75) is 31.8 Å². The zero-order valence-corrected chi connectivity index (χ0v) is 16.5. The minimum Gasteiger partial charge on any atom is -0.356 e.